The van der Waals surface area contributed by atoms with Crippen molar-refractivity contribution in [2.24, 2.45) is 5.73 Å². The van der Waals surface area contributed by atoms with Gasteiger partial charge in [0.2, 0.25) is 0 Å². The van der Waals surface area contributed by atoms with Crippen molar-refractivity contribution in [3.8, 4) is 0 Å². The number of anilines is 1. The third-order valence-corrected chi connectivity index (χ3v) is 4.51. The maximum absolute atomic E-state index is 12.6. The van der Waals surface area contributed by atoms with Gasteiger partial charge >= 0.3 is 0 Å². The SMILES string of the molecule is NCC1CCCN1C(=O)c1cccc(NC(=O)C2CCCO2)c1. The number of benzene rings is 1. The molecule has 0 bridgehead atoms. The summed E-state index contributed by atoms with van der Waals surface area (Å²) in [4.78, 5) is 26.6. The predicted octanol–water partition coefficient (Wildman–Crippen LogP) is 1.37. The second kappa shape index (κ2) is 7.10. The maximum Gasteiger partial charge on any atom is 0.254 e. The Labute approximate surface area is 136 Å². The molecule has 0 radical (unpaired) electrons. The largest absolute Gasteiger partial charge is 0.368 e. The number of nitrogens with one attached hydrogen (secondary N) is 1. The highest BCUT2D eigenvalue weighted by molar-refractivity contribution is 5.98. The van der Waals surface area contributed by atoms with Crippen LogP contribution >= 0.6 is 0 Å². The van der Waals surface area contributed by atoms with E-state index in [1.165, 1.54) is 0 Å². The molecule has 2 aliphatic heterocycles. The molecule has 2 atom stereocenters. The smallest absolute Gasteiger partial charge is 0.254 e. The van der Waals surface area contributed by atoms with Crippen LogP contribution in [0.15, 0.2) is 24.3 Å². The molecule has 6 nitrogen and oxygen atoms in total. The number of hydrogen-bond acceptors (Lipinski definition) is 4. The quantitative estimate of drug-likeness (QED) is 0.878. The predicted molar refractivity (Wildman–Crippen MR) is 87.2 cm³/mol. The van der Waals surface area contributed by atoms with Crippen LogP contribution in [-0.4, -0.2) is 48.6 Å². The summed E-state index contributed by atoms with van der Waals surface area (Å²) in [6, 6.07) is 7.18. The number of ether oxygens (including phenoxy) is 1. The number of hydrogen-bond donors (Lipinski definition) is 2. The average Bonchev–Trinajstić information content (AvgIpc) is 3.25. The third kappa shape index (κ3) is 3.54. The van der Waals surface area contributed by atoms with E-state index in [0.29, 0.717) is 24.4 Å². The summed E-state index contributed by atoms with van der Waals surface area (Å²) in [6.45, 7) is 1.86. The van der Waals surface area contributed by atoms with Crippen molar-refractivity contribution >= 4 is 17.5 Å². The minimum Gasteiger partial charge on any atom is -0.368 e. The molecule has 2 unspecified atom stereocenters. The van der Waals surface area contributed by atoms with Crippen molar-refractivity contribution in [2.75, 3.05) is 25.0 Å². The molecule has 1 aromatic carbocycles. The molecule has 0 spiro atoms. The summed E-state index contributed by atoms with van der Waals surface area (Å²) in [5, 5.41) is 2.84. The first kappa shape index (κ1) is 16.0. The minimum atomic E-state index is -0.380. The fourth-order valence-corrected chi connectivity index (χ4v) is 3.25. The lowest BCUT2D eigenvalue weighted by atomic mass is 10.1. The monoisotopic (exact) mass is 317 g/mol. The highest BCUT2D eigenvalue weighted by Crippen LogP contribution is 2.21. The van der Waals surface area contributed by atoms with Crippen molar-refractivity contribution in [3.05, 3.63) is 29.8 Å². The van der Waals surface area contributed by atoms with Crippen LogP contribution in [-0.2, 0) is 9.53 Å². The molecule has 6 heteroatoms. The highest BCUT2D eigenvalue weighted by Gasteiger charge is 2.28. The van der Waals surface area contributed by atoms with Crippen LogP contribution in [0.5, 0.6) is 0 Å². The first-order valence-corrected chi connectivity index (χ1v) is 8.22. The zero-order chi connectivity index (χ0) is 16.2. The molecule has 2 amide bonds. The van der Waals surface area contributed by atoms with Crippen molar-refractivity contribution in [2.45, 2.75) is 37.8 Å². The molecule has 0 aliphatic carbocycles. The van der Waals surface area contributed by atoms with Crippen LogP contribution in [0.1, 0.15) is 36.0 Å². The van der Waals surface area contributed by atoms with Gasteiger partial charge in [-0.3, -0.25) is 9.59 Å². The molecule has 0 saturated carbocycles. The number of amides is 2. The van der Waals surface area contributed by atoms with Gasteiger partial charge in [-0.05, 0) is 43.9 Å². The summed E-state index contributed by atoms with van der Waals surface area (Å²) < 4.78 is 5.37. The average molecular weight is 317 g/mol. The van der Waals surface area contributed by atoms with Crippen LogP contribution in [0.4, 0.5) is 5.69 Å². The number of carbonyl (C=O) groups is 2. The van der Waals surface area contributed by atoms with Gasteiger partial charge in [0.25, 0.3) is 11.8 Å². The standard InChI is InChI=1S/C17H23N3O3/c18-11-14-6-2-8-20(14)17(22)12-4-1-5-13(10-12)19-16(21)15-7-3-9-23-15/h1,4-5,10,14-15H,2-3,6-9,11,18H2,(H,19,21). The van der Waals surface area contributed by atoms with Gasteiger partial charge in [-0.2, -0.15) is 0 Å². The zero-order valence-electron chi connectivity index (χ0n) is 13.2. The molecule has 1 aromatic rings. The Morgan fingerprint density at radius 3 is 2.91 bits per heavy atom. The Morgan fingerprint density at radius 2 is 2.17 bits per heavy atom. The molecule has 2 saturated heterocycles. The second-order valence-electron chi connectivity index (χ2n) is 6.10. The Kier molecular flexibility index (Phi) is 4.93. The Hall–Kier alpha value is -1.92. The summed E-state index contributed by atoms with van der Waals surface area (Å²) >= 11 is 0. The van der Waals surface area contributed by atoms with Crippen LogP contribution in [0.25, 0.3) is 0 Å². The van der Waals surface area contributed by atoms with E-state index in [4.69, 9.17) is 10.5 Å². The van der Waals surface area contributed by atoms with Crippen LogP contribution in [0.2, 0.25) is 0 Å². The molecule has 3 N–H and O–H groups in total. The zero-order valence-corrected chi connectivity index (χ0v) is 13.2. The number of nitrogens with two attached hydrogens (primary N) is 1. The van der Waals surface area contributed by atoms with Gasteiger partial charge in [0, 0.05) is 37.0 Å². The first-order chi connectivity index (χ1) is 11.2. The van der Waals surface area contributed by atoms with Crippen LogP contribution in [0.3, 0.4) is 0 Å². The molecule has 124 valence electrons. The fourth-order valence-electron chi connectivity index (χ4n) is 3.25. The Bertz CT molecular complexity index is 584. The van der Waals surface area contributed by atoms with Gasteiger partial charge in [0.05, 0.1) is 0 Å². The van der Waals surface area contributed by atoms with Crippen molar-refractivity contribution in [1.82, 2.24) is 4.90 Å². The summed E-state index contributed by atoms with van der Waals surface area (Å²) in [7, 11) is 0. The van der Waals surface area contributed by atoms with E-state index in [1.807, 2.05) is 4.90 Å². The molecular weight excluding hydrogens is 294 g/mol. The van der Waals surface area contributed by atoms with Gasteiger partial charge in [-0.15, -0.1) is 0 Å². The molecule has 0 aromatic heterocycles. The van der Waals surface area contributed by atoms with Gasteiger partial charge in [-0.25, -0.2) is 0 Å². The van der Waals surface area contributed by atoms with E-state index in [9.17, 15) is 9.59 Å². The Morgan fingerprint density at radius 1 is 1.30 bits per heavy atom. The molecule has 2 aliphatic rings. The third-order valence-electron chi connectivity index (χ3n) is 4.51. The molecule has 3 rings (SSSR count). The number of carbonyl (C=O) groups excluding carboxylic acids is 2. The highest BCUT2D eigenvalue weighted by atomic mass is 16.5. The number of nitrogens with zero attached hydrogens (tertiary/aromatic N) is 1. The topological polar surface area (TPSA) is 84.7 Å². The van der Waals surface area contributed by atoms with Crippen LogP contribution < -0.4 is 11.1 Å². The molecule has 2 fully saturated rings. The number of likely N-dealkylation sites (tertiary alicyclic amines) is 1. The molecule has 23 heavy (non-hydrogen) atoms. The van der Waals surface area contributed by atoms with E-state index >= 15 is 0 Å². The van der Waals surface area contributed by atoms with E-state index < -0.39 is 0 Å². The molecule has 2 heterocycles. The minimum absolute atomic E-state index is 0.0221. The van der Waals surface area contributed by atoms with Gasteiger partial charge in [0.1, 0.15) is 6.10 Å². The second-order valence-corrected chi connectivity index (χ2v) is 6.10. The lowest BCUT2D eigenvalue weighted by Gasteiger charge is -2.23. The first-order valence-electron chi connectivity index (χ1n) is 8.22. The van der Waals surface area contributed by atoms with Crippen molar-refractivity contribution in [1.29, 1.82) is 0 Å². The lowest BCUT2D eigenvalue weighted by Crippen LogP contribution is -2.39. The van der Waals surface area contributed by atoms with E-state index in [0.717, 1.165) is 32.2 Å². The van der Waals surface area contributed by atoms with Gasteiger partial charge in [0.15, 0.2) is 0 Å². The van der Waals surface area contributed by atoms with Crippen molar-refractivity contribution < 1.29 is 14.3 Å². The summed E-state index contributed by atoms with van der Waals surface area (Å²) in [6.07, 6.45) is 3.22. The normalized spacial score (nSPS) is 24.0. The molecular formula is C17H23N3O3. The lowest BCUT2D eigenvalue weighted by molar-refractivity contribution is -0.124. The maximum atomic E-state index is 12.6. The van der Waals surface area contributed by atoms with Crippen molar-refractivity contribution in [3.63, 3.8) is 0 Å². The van der Waals surface area contributed by atoms with Gasteiger partial charge in [-0.1, -0.05) is 6.07 Å². The fraction of sp³-hybridized carbons (Fsp3) is 0.529. The van der Waals surface area contributed by atoms with Crippen LogP contribution in [0, 0.1) is 0 Å². The Balaban J connectivity index is 1.69. The van der Waals surface area contributed by atoms with E-state index in [1.54, 1.807) is 24.3 Å². The van der Waals surface area contributed by atoms with Gasteiger partial charge < -0.3 is 20.7 Å². The summed E-state index contributed by atoms with van der Waals surface area (Å²) in [5.74, 6) is -0.167. The summed E-state index contributed by atoms with van der Waals surface area (Å²) in [5.41, 5.74) is 6.94. The van der Waals surface area contributed by atoms with E-state index in [2.05, 4.69) is 5.32 Å². The number of rotatable bonds is 4. The van der Waals surface area contributed by atoms with E-state index in [-0.39, 0.29) is 24.0 Å².